The van der Waals surface area contributed by atoms with Crippen LogP contribution in [0.25, 0.3) is 11.1 Å². The van der Waals surface area contributed by atoms with E-state index in [9.17, 15) is 0 Å². The molecule has 0 aliphatic heterocycles. The van der Waals surface area contributed by atoms with E-state index in [0.29, 0.717) is 5.88 Å². The van der Waals surface area contributed by atoms with Gasteiger partial charge in [-0.3, -0.25) is 0 Å². The maximum Gasteiger partial charge on any atom is 0.229 e. The summed E-state index contributed by atoms with van der Waals surface area (Å²) in [6.45, 7) is 0. The lowest BCUT2D eigenvalue weighted by molar-refractivity contribution is 0.436. The number of benzene rings is 1. The molecule has 1 heterocycles. The van der Waals surface area contributed by atoms with E-state index in [0.717, 1.165) is 15.6 Å². The lowest BCUT2D eigenvalue weighted by atomic mass is 10.1. The molecule has 2 aromatic rings. The Morgan fingerprint density at radius 2 is 2.00 bits per heavy atom. The number of nitrogens with two attached hydrogens (primary N) is 1. The summed E-state index contributed by atoms with van der Waals surface area (Å²) in [4.78, 5) is 0. The standard InChI is InChI=1S/C9H7BrN2O/c10-8-4-2-1-3-6(8)7-5-12-13-9(7)11/h1-5H,11H2. The second-order valence-corrected chi connectivity index (χ2v) is 3.44. The van der Waals surface area contributed by atoms with Crippen molar-refractivity contribution in [3.8, 4) is 11.1 Å². The van der Waals surface area contributed by atoms with E-state index < -0.39 is 0 Å². The minimum Gasteiger partial charge on any atom is -0.367 e. The third-order valence-electron chi connectivity index (χ3n) is 1.76. The molecule has 0 saturated carbocycles. The first kappa shape index (κ1) is 8.31. The Balaban J connectivity index is 2.59. The van der Waals surface area contributed by atoms with Gasteiger partial charge in [-0.15, -0.1) is 0 Å². The van der Waals surface area contributed by atoms with Gasteiger partial charge in [0.25, 0.3) is 0 Å². The average molecular weight is 239 g/mol. The fourth-order valence-electron chi connectivity index (χ4n) is 1.13. The normalized spacial score (nSPS) is 10.2. The molecule has 2 N–H and O–H groups in total. The Labute approximate surface area is 83.7 Å². The number of rotatable bonds is 1. The molecular formula is C9H7BrN2O. The molecule has 13 heavy (non-hydrogen) atoms. The van der Waals surface area contributed by atoms with Crippen molar-refractivity contribution in [2.75, 3.05) is 5.73 Å². The van der Waals surface area contributed by atoms with Gasteiger partial charge in [0.1, 0.15) is 0 Å². The first-order valence-electron chi connectivity index (χ1n) is 3.74. The molecule has 1 aromatic carbocycles. The van der Waals surface area contributed by atoms with Crippen molar-refractivity contribution in [2.45, 2.75) is 0 Å². The zero-order valence-electron chi connectivity index (χ0n) is 6.70. The Morgan fingerprint density at radius 3 is 2.62 bits per heavy atom. The van der Waals surface area contributed by atoms with Crippen molar-refractivity contribution < 1.29 is 4.52 Å². The highest BCUT2D eigenvalue weighted by atomic mass is 79.9. The van der Waals surface area contributed by atoms with Gasteiger partial charge in [0.05, 0.1) is 11.8 Å². The summed E-state index contributed by atoms with van der Waals surface area (Å²) in [7, 11) is 0. The van der Waals surface area contributed by atoms with Gasteiger partial charge in [0.2, 0.25) is 5.88 Å². The number of halogens is 1. The molecule has 4 heteroatoms. The molecule has 1 aromatic heterocycles. The predicted octanol–water partition coefficient (Wildman–Crippen LogP) is 2.69. The fraction of sp³-hybridized carbons (Fsp3) is 0. The minimum absolute atomic E-state index is 0.340. The smallest absolute Gasteiger partial charge is 0.229 e. The molecule has 0 unspecified atom stereocenters. The van der Waals surface area contributed by atoms with Crippen molar-refractivity contribution in [3.05, 3.63) is 34.9 Å². The molecule has 66 valence electrons. The van der Waals surface area contributed by atoms with Crippen molar-refractivity contribution in [1.29, 1.82) is 0 Å². The average Bonchev–Trinajstić information content (AvgIpc) is 2.52. The van der Waals surface area contributed by atoms with E-state index in [1.165, 1.54) is 0 Å². The first-order valence-corrected chi connectivity index (χ1v) is 4.53. The summed E-state index contributed by atoms with van der Waals surface area (Å²) in [5.41, 5.74) is 7.39. The Morgan fingerprint density at radius 1 is 1.23 bits per heavy atom. The van der Waals surface area contributed by atoms with E-state index in [1.807, 2.05) is 24.3 Å². The molecule has 3 nitrogen and oxygen atoms in total. The predicted molar refractivity (Wildman–Crippen MR) is 54.1 cm³/mol. The Kier molecular flexibility index (Phi) is 2.06. The van der Waals surface area contributed by atoms with Crippen LogP contribution in [0.5, 0.6) is 0 Å². The molecule has 0 fully saturated rings. The lowest BCUT2D eigenvalue weighted by Crippen LogP contribution is -1.85. The van der Waals surface area contributed by atoms with Crippen LogP contribution in [0, 0.1) is 0 Å². The van der Waals surface area contributed by atoms with Gasteiger partial charge in [-0.05, 0) is 6.07 Å². The molecule has 0 spiro atoms. The highest BCUT2D eigenvalue weighted by Crippen LogP contribution is 2.31. The van der Waals surface area contributed by atoms with E-state index in [4.69, 9.17) is 10.3 Å². The van der Waals surface area contributed by atoms with Gasteiger partial charge in [-0.2, -0.15) is 0 Å². The quantitative estimate of drug-likeness (QED) is 0.832. The van der Waals surface area contributed by atoms with E-state index in [1.54, 1.807) is 6.20 Å². The summed E-state index contributed by atoms with van der Waals surface area (Å²) in [6.07, 6.45) is 1.61. The Hall–Kier alpha value is -1.29. The number of hydrogen-bond acceptors (Lipinski definition) is 3. The summed E-state index contributed by atoms with van der Waals surface area (Å²) >= 11 is 3.43. The van der Waals surface area contributed by atoms with Gasteiger partial charge in [-0.25, -0.2) is 0 Å². The highest BCUT2D eigenvalue weighted by Gasteiger charge is 2.08. The summed E-state index contributed by atoms with van der Waals surface area (Å²) < 4.78 is 5.76. The van der Waals surface area contributed by atoms with E-state index in [-0.39, 0.29) is 0 Å². The minimum atomic E-state index is 0.340. The number of nitrogen functional groups attached to an aromatic ring is 1. The maximum absolute atomic E-state index is 5.59. The Bertz CT molecular complexity index is 425. The third-order valence-corrected chi connectivity index (χ3v) is 2.45. The van der Waals surface area contributed by atoms with Crippen LogP contribution in [0.4, 0.5) is 5.88 Å². The number of hydrogen-bond donors (Lipinski definition) is 1. The second-order valence-electron chi connectivity index (χ2n) is 2.58. The number of nitrogens with zero attached hydrogens (tertiary/aromatic N) is 1. The van der Waals surface area contributed by atoms with Crippen LogP contribution in [0.2, 0.25) is 0 Å². The third kappa shape index (κ3) is 1.45. The highest BCUT2D eigenvalue weighted by molar-refractivity contribution is 9.10. The molecule has 2 rings (SSSR count). The number of anilines is 1. The molecule has 0 bridgehead atoms. The van der Waals surface area contributed by atoms with Crippen LogP contribution in [0.3, 0.4) is 0 Å². The van der Waals surface area contributed by atoms with E-state index in [2.05, 4.69) is 21.1 Å². The molecule has 0 radical (unpaired) electrons. The van der Waals surface area contributed by atoms with Crippen LogP contribution >= 0.6 is 15.9 Å². The topological polar surface area (TPSA) is 52.0 Å². The molecule has 0 atom stereocenters. The lowest BCUT2D eigenvalue weighted by Gasteiger charge is -1.99. The maximum atomic E-state index is 5.59. The zero-order chi connectivity index (χ0) is 9.26. The van der Waals surface area contributed by atoms with Crippen LogP contribution < -0.4 is 5.73 Å². The second kappa shape index (κ2) is 3.22. The monoisotopic (exact) mass is 238 g/mol. The largest absolute Gasteiger partial charge is 0.367 e. The summed E-state index contributed by atoms with van der Waals surface area (Å²) in [5, 5.41) is 3.62. The molecule has 0 saturated heterocycles. The summed E-state index contributed by atoms with van der Waals surface area (Å²) in [5.74, 6) is 0.340. The van der Waals surface area contributed by atoms with Gasteiger partial charge in [0.15, 0.2) is 0 Å². The van der Waals surface area contributed by atoms with Gasteiger partial charge in [-0.1, -0.05) is 39.3 Å². The zero-order valence-corrected chi connectivity index (χ0v) is 8.28. The van der Waals surface area contributed by atoms with Crippen molar-refractivity contribution >= 4 is 21.8 Å². The SMILES string of the molecule is Nc1oncc1-c1ccccc1Br. The van der Waals surface area contributed by atoms with Gasteiger partial charge < -0.3 is 10.3 Å². The van der Waals surface area contributed by atoms with Crippen molar-refractivity contribution in [3.63, 3.8) is 0 Å². The van der Waals surface area contributed by atoms with Crippen molar-refractivity contribution in [2.24, 2.45) is 0 Å². The first-order chi connectivity index (χ1) is 6.29. The van der Waals surface area contributed by atoms with Crippen LogP contribution in [-0.4, -0.2) is 5.16 Å². The molecular weight excluding hydrogens is 232 g/mol. The van der Waals surface area contributed by atoms with Crippen LogP contribution in [0.15, 0.2) is 39.5 Å². The summed E-state index contributed by atoms with van der Waals surface area (Å²) in [6, 6.07) is 7.78. The molecule has 0 amide bonds. The van der Waals surface area contributed by atoms with Gasteiger partial charge in [0, 0.05) is 10.0 Å². The molecule has 0 aliphatic carbocycles. The molecule has 0 aliphatic rings. The fourth-order valence-corrected chi connectivity index (χ4v) is 1.63. The van der Waals surface area contributed by atoms with Crippen molar-refractivity contribution in [1.82, 2.24) is 5.16 Å². The van der Waals surface area contributed by atoms with Crippen LogP contribution in [0.1, 0.15) is 0 Å². The number of aromatic nitrogens is 1. The van der Waals surface area contributed by atoms with Gasteiger partial charge >= 0.3 is 0 Å². The van der Waals surface area contributed by atoms with E-state index >= 15 is 0 Å². The van der Waals surface area contributed by atoms with Crippen LogP contribution in [-0.2, 0) is 0 Å².